The number of amides is 1. The van der Waals surface area contributed by atoms with E-state index in [1.807, 2.05) is 0 Å². The van der Waals surface area contributed by atoms with Gasteiger partial charge in [-0.3, -0.25) is 20.3 Å². The number of nitro groups is 1. The van der Waals surface area contributed by atoms with E-state index in [2.05, 4.69) is 5.43 Å². The summed E-state index contributed by atoms with van der Waals surface area (Å²) in [6.07, 6.45) is 0. The summed E-state index contributed by atoms with van der Waals surface area (Å²) in [7, 11) is 0. The highest BCUT2D eigenvalue weighted by Gasteiger charge is 2.06. The third-order valence-electron chi connectivity index (χ3n) is 2.77. The molecule has 0 spiro atoms. The van der Waals surface area contributed by atoms with Crippen molar-refractivity contribution < 1.29 is 14.5 Å². The number of non-ortho nitro benzene ring substituents is 1. The number of nitrogens with two attached hydrogens (primary N) is 1. The van der Waals surface area contributed by atoms with E-state index in [1.165, 1.54) is 24.3 Å². The Morgan fingerprint density at radius 1 is 1.24 bits per heavy atom. The zero-order chi connectivity index (χ0) is 15.2. The fraction of sp³-hybridized carbons (Fsp3) is 0.0714. The summed E-state index contributed by atoms with van der Waals surface area (Å²) >= 11 is 0. The molecule has 0 aliphatic carbocycles. The molecule has 0 atom stereocenters. The Bertz CT molecular complexity index is 656. The van der Waals surface area contributed by atoms with Gasteiger partial charge < -0.3 is 4.74 Å². The predicted molar refractivity (Wildman–Crippen MR) is 75.5 cm³/mol. The second-order valence-corrected chi connectivity index (χ2v) is 4.21. The number of hydrogen-bond donors (Lipinski definition) is 2. The van der Waals surface area contributed by atoms with Crippen molar-refractivity contribution in [2.75, 3.05) is 0 Å². The Hall–Kier alpha value is -2.93. The van der Waals surface area contributed by atoms with Gasteiger partial charge in [0.1, 0.15) is 12.4 Å². The minimum Gasteiger partial charge on any atom is -0.489 e. The molecule has 7 heteroatoms. The number of nitro benzene ring substituents is 1. The first-order valence-electron chi connectivity index (χ1n) is 6.07. The summed E-state index contributed by atoms with van der Waals surface area (Å²) in [5.41, 5.74) is 3.28. The standard InChI is InChI=1S/C14H13N3O4/c15-16-14(18)11-3-1-2-10(8-11)9-21-13-6-4-12(5-7-13)17(19)20/h1-8H,9,15H2,(H,16,18). The highest BCUT2D eigenvalue weighted by atomic mass is 16.6. The van der Waals surface area contributed by atoms with Crippen molar-refractivity contribution in [1.82, 2.24) is 5.43 Å². The molecule has 0 heterocycles. The Morgan fingerprint density at radius 2 is 1.95 bits per heavy atom. The number of carbonyl (C=O) groups is 1. The molecule has 0 radical (unpaired) electrons. The molecule has 0 saturated carbocycles. The first kappa shape index (κ1) is 14.5. The molecule has 0 aliphatic heterocycles. The Morgan fingerprint density at radius 3 is 2.57 bits per heavy atom. The van der Waals surface area contributed by atoms with E-state index in [9.17, 15) is 14.9 Å². The molecule has 2 aromatic carbocycles. The third-order valence-corrected chi connectivity index (χ3v) is 2.77. The van der Waals surface area contributed by atoms with Crippen LogP contribution in [-0.2, 0) is 6.61 Å². The molecule has 0 unspecified atom stereocenters. The van der Waals surface area contributed by atoms with Gasteiger partial charge in [-0.05, 0) is 29.8 Å². The molecule has 0 bridgehead atoms. The van der Waals surface area contributed by atoms with Crippen LogP contribution in [0, 0.1) is 10.1 Å². The number of hydrogen-bond acceptors (Lipinski definition) is 5. The van der Waals surface area contributed by atoms with E-state index in [-0.39, 0.29) is 18.2 Å². The first-order valence-corrected chi connectivity index (χ1v) is 6.07. The lowest BCUT2D eigenvalue weighted by atomic mass is 10.1. The Kier molecular flexibility index (Phi) is 4.47. The number of carbonyl (C=O) groups excluding carboxylic acids is 1. The third kappa shape index (κ3) is 3.77. The molecular formula is C14H13N3O4. The van der Waals surface area contributed by atoms with Gasteiger partial charge >= 0.3 is 0 Å². The average Bonchev–Trinajstić information content (AvgIpc) is 2.52. The van der Waals surface area contributed by atoms with Gasteiger partial charge in [0.2, 0.25) is 0 Å². The average molecular weight is 287 g/mol. The van der Waals surface area contributed by atoms with E-state index in [4.69, 9.17) is 10.6 Å². The molecule has 21 heavy (non-hydrogen) atoms. The zero-order valence-corrected chi connectivity index (χ0v) is 11.0. The van der Waals surface area contributed by atoms with Crippen LogP contribution in [-0.4, -0.2) is 10.8 Å². The molecule has 0 saturated heterocycles. The SMILES string of the molecule is NNC(=O)c1cccc(COc2ccc([N+](=O)[O-])cc2)c1. The van der Waals surface area contributed by atoms with Crippen molar-refractivity contribution in [3.05, 3.63) is 69.8 Å². The number of benzene rings is 2. The van der Waals surface area contributed by atoms with Gasteiger partial charge in [-0.15, -0.1) is 0 Å². The molecule has 2 rings (SSSR count). The van der Waals surface area contributed by atoms with Gasteiger partial charge in [-0.1, -0.05) is 12.1 Å². The van der Waals surface area contributed by atoms with E-state index in [1.54, 1.807) is 24.3 Å². The van der Waals surface area contributed by atoms with Crippen molar-refractivity contribution in [2.24, 2.45) is 5.84 Å². The summed E-state index contributed by atoms with van der Waals surface area (Å²) in [6.45, 7) is 0.240. The number of nitrogen functional groups attached to an aromatic ring is 1. The summed E-state index contributed by atoms with van der Waals surface area (Å²) in [6, 6.07) is 12.6. The largest absolute Gasteiger partial charge is 0.489 e. The Labute approximate surface area is 120 Å². The second kappa shape index (κ2) is 6.49. The maximum Gasteiger partial charge on any atom is 0.269 e. The van der Waals surface area contributed by atoms with Gasteiger partial charge in [-0.25, -0.2) is 5.84 Å². The van der Waals surface area contributed by atoms with Crippen molar-refractivity contribution in [2.45, 2.75) is 6.61 Å². The van der Waals surface area contributed by atoms with Crippen molar-refractivity contribution in [3.63, 3.8) is 0 Å². The van der Waals surface area contributed by atoms with E-state index in [0.29, 0.717) is 11.3 Å². The maximum atomic E-state index is 11.4. The highest BCUT2D eigenvalue weighted by Crippen LogP contribution is 2.18. The van der Waals surface area contributed by atoms with Gasteiger partial charge in [0.25, 0.3) is 11.6 Å². The molecule has 108 valence electrons. The van der Waals surface area contributed by atoms with E-state index in [0.717, 1.165) is 5.56 Å². The van der Waals surface area contributed by atoms with Crippen LogP contribution in [0.25, 0.3) is 0 Å². The normalized spacial score (nSPS) is 9.95. The van der Waals surface area contributed by atoms with Crippen LogP contribution in [0.15, 0.2) is 48.5 Å². The summed E-state index contributed by atoms with van der Waals surface area (Å²) in [5.74, 6) is 5.20. The smallest absolute Gasteiger partial charge is 0.269 e. The van der Waals surface area contributed by atoms with Crippen LogP contribution in [0.2, 0.25) is 0 Å². The van der Waals surface area contributed by atoms with Crippen molar-refractivity contribution >= 4 is 11.6 Å². The lowest BCUT2D eigenvalue weighted by Crippen LogP contribution is -2.30. The molecule has 0 aromatic heterocycles. The summed E-state index contributed by atoms with van der Waals surface area (Å²) in [5, 5.41) is 10.5. The first-order chi connectivity index (χ1) is 10.1. The lowest BCUT2D eigenvalue weighted by Gasteiger charge is -2.07. The fourth-order valence-corrected chi connectivity index (χ4v) is 1.72. The topological polar surface area (TPSA) is 107 Å². The zero-order valence-electron chi connectivity index (χ0n) is 11.0. The van der Waals surface area contributed by atoms with Crippen molar-refractivity contribution in [3.8, 4) is 5.75 Å². The Balaban J connectivity index is 2.02. The van der Waals surface area contributed by atoms with Crippen LogP contribution >= 0.6 is 0 Å². The predicted octanol–water partition coefficient (Wildman–Crippen LogP) is 1.78. The number of nitrogens with one attached hydrogen (secondary N) is 1. The molecule has 2 aromatic rings. The highest BCUT2D eigenvalue weighted by molar-refractivity contribution is 5.93. The summed E-state index contributed by atoms with van der Waals surface area (Å²) < 4.78 is 5.51. The number of ether oxygens (including phenoxy) is 1. The summed E-state index contributed by atoms with van der Waals surface area (Å²) in [4.78, 5) is 21.5. The second-order valence-electron chi connectivity index (χ2n) is 4.21. The van der Waals surface area contributed by atoms with Crippen LogP contribution in [0.4, 0.5) is 5.69 Å². The van der Waals surface area contributed by atoms with Gasteiger partial charge in [0, 0.05) is 17.7 Å². The van der Waals surface area contributed by atoms with E-state index >= 15 is 0 Å². The van der Waals surface area contributed by atoms with Crippen LogP contribution < -0.4 is 16.0 Å². The van der Waals surface area contributed by atoms with E-state index < -0.39 is 4.92 Å². The molecule has 0 aliphatic rings. The molecule has 3 N–H and O–H groups in total. The lowest BCUT2D eigenvalue weighted by molar-refractivity contribution is -0.384. The molecule has 0 fully saturated rings. The van der Waals surface area contributed by atoms with Crippen molar-refractivity contribution in [1.29, 1.82) is 0 Å². The maximum absolute atomic E-state index is 11.4. The molecule has 7 nitrogen and oxygen atoms in total. The van der Waals surface area contributed by atoms with Crippen LogP contribution in [0.3, 0.4) is 0 Å². The fourth-order valence-electron chi connectivity index (χ4n) is 1.72. The van der Waals surface area contributed by atoms with Gasteiger partial charge in [0.15, 0.2) is 0 Å². The van der Waals surface area contributed by atoms with Gasteiger partial charge in [-0.2, -0.15) is 0 Å². The quantitative estimate of drug-likeness (QED) is 0.377. The molecular weight excluding hydrogens is 274 g/mol. The minimum atomic E-state index is -0.474. The minimum absolute atomic E-state index is 0.00367. The number of rotatable bonds is 5. The number of hydrazine groups is 1. The molecule has 1 amide bonds. The van der Waals surface area contributed by atoms with Crippen LogP contribution in [0.5, 0.6) is 5.75 Å². The van der Waals surface area contributed by atoms with Crippen LogP contribution in [0.1, 0.15) is 15.9 Å². The number of nitrogens with zero attached hydrogens (tertiary/aromatic N) is 1. The monoisotopic (exact) mass is 287 g/mol. The van der Waals surface area contributed by atoms with Gasteiger partial charge in [0.05, 0.1) is 4.92 Å².